The van der Waals surface area contributed by atoms with Gasteiger partial charge in [-0.3, -0.25) is 14.5 Å². The number of benzene rings is 2. The highest BCUT2D eigenvalue weighted by molar-refractivity contribution is 6.46. The summed E-state index contributed by atoms with van der Waals surface area (Å²) >= 11 is 0. The molecular formula is C30H36N2O6. The van der Waals surface area contributed by atoms with Crippen molar-refractivity contribution in [3.05, 3.63) is 77.9 Å². The molecule has 0 aromatic heterocycles. The minimum Gasteiger partial charge on any atom is -0.507 e. The smallest absolute Gasteiger partial charge is 0.295 e. The third-order valence-electron chi connectivity index (χ3n) is 6.74. The van der Waals surface area contributed by atoms with Crippen molar-refractivity contribution < 1.29 is 28.9 Å². The zero-order valence-electron chi connectivity index (χ0n) is 21.9. The molecule has 2 aliphatic heterocycles. The number of hydrogen-bond acceptors (Lipinski definition) is 7. The molecule has 2 aromatic carbocycles. The fourth-order valence-electron chi connectivity index (χ4n) is 4.66. The number of morpholine rings is 1. The van der Waals surface area contributed by atoms with Crippen molar-refractivity contribution in [2.45, 2.75) is 25.8 Å². The molecule has 0 saturated carbocycles. The standard InChI is InChI=1S/C30H36N2O6/c1-3-5-18-38-25-8-6-7-23(21-25)28(33)26-27(22-9-11-24(12-10-22)37-17-4-2)32(30(35)29(26)34)14-13-31-15-19-36-20-16-31/h4,6-12,21,27,33H,2-3,5,13-20H2,1H3/b28-26+. The first kappa shape index (κ1) is 27.4. The molecular weight excluding hydrogens is 484 g/mol. The molecule has 0 radical (unpaired) electrons. The molecule has 0 bridgehead atoms. The fraction of sp³-hybridized carbons (Fsp3) is 0.400. The topological polar surface area (TPSA) is 88.5 Å². The van der Waals surface area contributed by atoms with Crippen molar-refractivity contribution in [2.24, 2.45) is 0 Å². The number of rotatable bonds is 12. The lowest BCUT2D eigenvalue weighted by molar-refractivity contribution is -0.140. The Morgan fingerprint density at radius 3 is 2.55 bits per heavy atom. The van der Waals surface area contributed by atoms with Crippen molar-refractivity contribution >= 4 is 17.4 Å². The molecule has 0 spiro atoms. The number of nitrogens with zero attached hydrogens (tertiary/aromatic N) is 2. The summed E-state index contributed by atoms with van der Waals surface area (Å²) in [6.45, 7) is 10.5. The van der Waals surface area contributed by atoms with Gasteiger partial charge in [-0.2, -0.15) is 0 Å². The van der Waals surface area contributed by atoms with Gasteiger partial charge in [-0.25, -0.2) is 0 Å². The maximum absolute atomic E-state index is 13.4. The number of aliphatic hydroxyl groups is 1. The Morgan fingerprint density at radius 2 is 1.84 bits per heavy atom. The summed E-state index contributed by atoms with van der Waals surface area (Å²) in [5.41, 5.74) is 1.22. The zero-order chi connectivity index (χ0) is 26.9. The highest BCUT2D eigenvalue weighted by Gasteiger charge is 2.46. The van der Waals surface area contributed by atoms with Gasteiger partial charge in [0.15, 0.2) is 0 Å². The minimum atomic E-state index is -0.728. The van der Waals surface area contributed by atoms with Crippen LogP contribution in [0.5, 0.6) is 11.5 Å². The van der Waals surface area contributed by atoms with Gasteiger partial charge in [-0.05, 0) is 36.2 Å². The van der Waals surface area contributed by atoms with Gasteiger partial charge in [0.1, 0.15) is 23.9 Å². The van der Waals surface area contributed by atoms with Gasteiger partial charge in [0, 0.05) is 31.7 Å². The van der Waals surface area contributed by atoms with E-state index in [0.29, 0.717) is 62.1 Å². The Morgan fingerprint density at radius 1 is 1.08 bits per heavy atom. The fourth-order valence-corrected chi connectivity index (χ4v) is 4.66. The second kappa shape index (κ2) is 13.3. The van der Waals surface area contributed by atoms with E-state index in [4.69, 9.17) is 14.2 Å². The lowest BCUT2D eigenvalue weighted by atomic mass is 9.95. The van der Waals surface area contributed by atoms with Gasteiger partial charge in [0.05, 0.1) is 31.4 Å². The first-order valence-corrected chi connectivity index (χ1v) is 13.2. The Balaban J connectivity index is 1.68. The number of ketones is 1. The predicted octanol–water partition coefficient (Wildman–Crippen LogP) is 4.18. The summed E-state index contributed by atoms with van der Waals surface area (Å²) in [6.07, 6.45) is 3.58. The van der Waals surface area contributed by atoms with E-state index in [-0.39, 0.29) is 11.3 Å². The summed E-state index contributed by atoms with van der Waals surface area (Å²) in [7, 11) is 0. The zero-order valence-corrected chi connectivity index (χ0v) is 21.9. The van der Waals surface area contributed by atoms with Crippen LogP contribution in [0.3, 0.4) is 0 Å². The van der Waals surface area contributed by atoms with E-state index in [9.17, 15) is 14.7 Å². The second-order valence-corrected chi connectivity index (χ2v) is 9.35. The van der Waals surface area contributed by atoms with Crippen LogP contribution in [0, 0.1) is 0 Å². The Kier molecular flexibility index (Phi) is 9.56. The Bertz CT molecular complexity index is 1150. The number of ether oxygens (including phenoxy) is 3. The van der Waals surface area contributed by atoms with Crippen molar-refractivity contribution in [1.82, 2.24) is 9.80 Å². The highest BCUT2D eigenvalue weighted by atomic mass is 16.5. The van der Waals surface area contributed by atoms with Crippen LogP contribution >= 0.6 is 0 Å². The van der Waals surface area contributed by atoms with Gasteiger partial charge in [-0.1, -0.05) is 50.3 Å². The molecule has 0 aliphatic carbocycles. The van der Waals surface area contributed by atoms with Gasteiger partial charge in [-0.15, -0.1) is 0 Å². The molecule has 8 nitrogen and oxygen atoms in total. The van der Waals surface area contributed by atoms with E-state index in [1.165, 1.54) is 0 Å². The molecule has 202 valence electrons. The minimum absolute atomic E-state index is 0.0717. The molecule has 1 atom stereocenters. The first-order valence-electron chi connectivity index (χ1n) is 13.2. The number of hydrogen-bond donors (Lipinski definition) is 1. The summed E-state index contributed by atoms with van der Waals surface area (Å²) < 4.78 is 16.8. The monoisotopic (exact) mass is 520 g/mol. The number of aliphatic hydroxyl groups excluding tert-OH is 1. The quantitative estimate of drug-likeness (QED) is 0.148. The molecule has 1 unspecified atom stereocenters. The lowest BCUT2D eigenvalue weighted by Gasteiger charge is -2.31. The van der Waals surface area contributed by atoms with Crippen LogP contribution < -0.4 is 9.47 Å². The van der Waals surface area contributed by atoms with Gasteiger partial charge in [0.2, 0.25) is 0 Å². The summed E-state index contributed by atoms with van der Waals surface area (Å²) in [4.78, 5) is 30.4. The van der Waals surface area contributed by atoms with Gasteiger partial charge < -0.3 is 24.2 Å². The third-order valence-corrected chi connectivity index (χ3v) is 6.74. The Hall–Kier alpha value is -3.62. The molecule has 2 fully saturated rings. The third kappa shape index (κ3) is 6.44. The number of unbranched alkanes of at least 4 members (excludes halogenated alkanes) is 1. The molecule has 8 heteroatoms. The summed E-state index contributed by atoms with van der Waals surface area (Å²) in [6, 6.07) is 13.5. The number of likely N-dealkylation sites (tertiary alicyclic amines) is 1. The number of amides is 1. The van der Waals surface area contributed by atoms with Crippen molar-refractivity contribution in [3.63, 3.8) is 0 Å². The molecule has 2 heterocycles. The maximum Gasteiger partial charge on any atom is 0.295 e. The van der Waals surface area contributed by atoms with Crippen LogP contribution in [0.2, 0.25) is 0 Å². The van der Waals surface area contributed by atoms with Crippen LogP contribution in [-0.4, -0.2) is 79.2 Å². The maximum atomic E-state index is 13.4. The van der Waals surface area contributed by atoms with E-state index < -0.39 is 17.7 Å². The Labute approximate surface area is 224 Å². The normalized spacial score (nSPS) is 19.5. The van der Waals surface area contributed by atoms with E-state index in [2.05, 4.69) is 18.4 Å². The van der Waals surface area contributed by atoms with Gasteiger partial charge >= 0.3 is 0 Å². The summed E-state index contributed by atoms with van der Waals surface area (Å²) in [5.74, 6) is -0.277. The van der Waals surface area contributed by atoms with E-state index >= 15 is 0 Å². The average molecular weight is 521 g/mol. The average Bonchev–Trinajstić information content (AvgIpc) is 3.20. The van der Waals surface area contributed by atoms with Crippen LogP contribution in [0.15, 0.2) is 66.8 Å². The SMILES string of the molecule is C=CCOc1ccc(C2/C(=C(\O)c3cccc(OCCCC)c3)C(=O)C(=O)N2CCN2CCOCC2)cc1. The van der Waals surface area contributed by atoms with Crippen molar-refractivity contribution in [1.29, 1.82) is 0 Å². The molecule has 2 aromatic rings. The van der Waals surface area contributed by atoms with Crippen LogP contribution in [0.4, 0.5) is 0 Å². The number of Topliss-reactive ketones (excluding diaryl/α,β-unsaturated/α-hetero) is 1. The molecule has 4 rings (SSSR count). The first-order chi connectivity index (χ1) is 18.5. The van der Waals surface area contributed by atoms with Gasteiger partial charge in [0.25, 0.3) is 11.7 Å². The summed E-state index contributed by atoms with van der Waals surface area (Å²) in [5, 5.41) is 11.4. The van der Waals surface area contributed by atoms with E-state index in [1.807, 2.05) is 18.2 Å². The predicted molar refractivity (Wildman–Crippen MR) is 145 cm³/mol. The molecule has 2 saturated heterocycles. The molecule has 2 aliphatic rings. The second-order valence-electron chi connectivity index (χ2n) is 9.35. The van der Waals surface area contributed by atoms with Crippen LogP contribution in [0.25, 0.3) is 5.76 Å². The largest absolute Gasteiger partial charge is 0.507 e. The number of carbonyl (C=O) groups excluding carboxylic acids is 2. The van der Waals surface area contributed by atoms with Crippen LogP contribution in [-0.2, 0) is 14.3 Å². The molecule has 1 N–H and O–H groups in total. The van der Waals surface area contributed by atoms with E-state index in [1.54, 1.807) is 41.3 Å². The van der Waals surface area contributed by atoms with Crippen molar-refractivity contribution in [2.75, 3.05) is 52.6 Å². The molecule has 38 heavy (non-hydrogen) atoms. The number of carbonyl (C=O) groups is 2. The lowest BCUT2D eigenvalue weighted by Crippen LogP contribution is -2.42. The molecule has 1 amide bonds. The van der Waals surface area contributed by atoms with Crippen LogP contribution in [0.1, 0.15) is 36.9 Å². The highest BCUT2D eigenvalue weighted by Crippen LogP contribution is 2.40. The van der Waals surface area contributed by atoms with Crippen molar-refractivity contribution in [3.8, 4) is 11.5 Å². The van der Waals surface area contributed by atoms with E-state index in [0.717, 1.165) is 25.9 Å².